The van der Waals surface area contributed by atoms with Crippen molar-refractivity contribution in [2.24, 2.45) is 10.7 Å². The number of guanidine groups is 1. The van der Waals surface area contributed by atoms with Crippen molar-refractivity contribution in [2.45, 2.75) is 6.54 Å². The Bertz CT molecular complexity index is 1090. The van der Waals surface area contributed by atoms with Gasteiger partial charge in [-0.15, -0.1) is 5.43 Å². The van der Waals surface area contributed by atoms with Crippen LogP contribution in [0.2, 0.25) is 0 Å². The largest absolute Gasteiger partial charge is 0.366 e. The third-order valence-corrected chi connectivity index (χ3v) is 4.20. The van der Waals surface area contributed by atoms with E-state index in [2.05, 4.69) is 33.2 Å². The van der Waals surface area contributed by atoms with E-state index < -0.39 is 0 Å². The van der Waals surface area contributed by atoms with Gasteiger partial charge in [0.1, 0.15) is 0 Å². The first-order valence-electron chi connectivity index (χ1n) is 8.00. The van der Waals surface area contributed by atoms with Crippen molar-refractivity contribution in [3.63, 3.8) is 0 Å². The van der Waals surface area contributed by atoms with Crippen molar-refractivity contribution in [2.75, 3.05) is 0 Å². The average Bonchev–Trinajstić information content (AvgIpc) is 3.24. The Kier molecular flexibility index (Phi) is 3.70. The molecule has 0 bridgehead atoms. The van der Waals surface area contributed by atoms with Crippen molar-refractivity contribution in [1.82, 2.24) is 15.4 Å². The number of nitrogens with two attached hydrogens (primary N) is 1. The van der Waals surface area contributed by atoms with E-state index in [1.165, 1.54) is 0 Å². The van der Waals surface area contributed by atoms with Crippen LogP contribution in [0.5, 0.6) is 0 Å². The fourth-order valence-electron chi connectivity index (χ4n) is 2.95. The minimum Gasteiger partial charge on any atom is -0.366 e. The number of fused-ring (bicyclic) bond motifs is 2. The molecule has 2 heterocycles. The number of nitrogens with one attached hydrogen (secondary N) is 3. The van der Waals surface area contributed by atoms with Gasteiger partial charge in [0.15, 0.2) is 6.72 Å². The Labute approximate surface area is 144 Å². The zero-order valence-electron chi connectivity index (χ0n) is 13.7. The summed E-state index contributed by atoms with van der Waals surface area (Å²) in [5.41, 5.74) is 13.2. The highest BCUT2D eigenvalue weighted by atomic mass is 15.5. The van der Waals surface area contributed by atoms with Crippen molar-refractivity contribution < 1.29 is 4.68 Å². The number of benzene rings is 2. The minimum atomic E-state index is 0.311. The SMILES string of the molecule is C=[N+](NC(N)=NCc1c[nH]c2ccccc12)c1c[nH]c2ccccc12. The highest BCUT2D eigenvalue weighted by molar-refractivity contribution is 5.89. The van der Waals surface area contributed by atoms with Gasteiger partial charge >= 0.3 is 0 Å². The Morgan fingerprint density at radius 1 is 1.00 bits per heavy atom. The molecule has 0 spiro atoms. The summed E-state index contributed by atoms with van der Waals surface area (Å²) < 4.78 is 1.62. The first kappa shape index (κ1) is 15.0. The third-order valence-electron chi connectivity index (χ3n) is 4.20. The quantitative estimate of drug-likeness (QED) is 0.201. The Morgan fingerprint density at radius 2 is 1.64 bits per heavy atom. The first-order chi connectivity index (χ1) is 12.2. The lowest BCUT2D eigenvalue weighted by molar-refractivity contribution is -0.476. The van der Waals surface area contributed by atoms with Crippen LogP contribution in [-0.4, -0.2) is 27.3 Å². The van der Waals surface area contributed by atoms with Gasteiger partial charge in [0.05, 0.1) is 23.6 Å². The van der Waals surface area contributed by atoms with Crippen LogP contribution in [-0.2, 0) is 6.54 Å². The fraction of sp³-hybridized carbons (Fsp3) is 0.0526. The van der Waals surface area contributed by atoms with Crippen LogP contribution in [0.15, 0.2) is 65.9 Å². The van der Waals surface area contributed by atoms with Crippen LogP contribution in [0.25, 0.3) is 21.8 Å². The third kappa shape index (κ3) is 2.85. The predicted molar refractivity (Wildman–Crippen MR) is 102 cm³/mol. The highest BCUT2D eigenvalue weighted by Gasteiger charge is 2.14. The molecule has 124 valence electrons. The van der Waals surface area contributed by atoms with Crippen LogP contribution < -0.4 is 11.2 Å². The second-order valence-electron chi connectivity index (χ2n) is 5.82. The molecule has 0 aliphatic rings. The molecule has 0 fully saturated rings. The smallest absolute Gasteiger partial charge is 0.260 e. The van der Waals surface area contributed by atoms with Crippen LogP contribution in [0.3, 0.4) is 0 Å². The van der Waals surface area contributed by atoms with E-state index in [0.29, 0.717) is 12.5 Å². The summed E-state index contributed by atoms with van der Waals surface area (Å²) in [5, 5.41) is 2.22. The standard InChI is InChI=1S/C19H19N6/c1-25(18-12-22-17-9-5-3-7-15(17)18)24-19(20)23-11-13-10-21-16-8-4-2-6-14(13)16/h2-10,12,21-22H,1,11H2,(H3,20,23,24)/q+1. The van der Waals surface area contributed by atoms with Crippen molar-refractivity contribution in [3.8, 4) is 0 Å². The van der Waals surface area contributed by atoms with E-state index in [-0.39, 0.29) is 0 Å². The summed E-state index contributed by atoms with van der Waals surface area (Å²) in [5.74, 6) is 0.311. The second kappa shape index (κ2) is 6.16. The van der Waals surface area contributed by atoms with Crippen LogP contribution in [0, 0.1) is 0 Å². The number of para-hydroxylation sites is 2. The normalized spacial score (nSPS) is 11.9. The summed E-state index contributed by atoms with van der Waals surface area (Å²) in [7, 11) is 0. The van der Waals surface area contributed by atoms with Crippen LogP contribution >= 0.6 is 0 Å². The number of nitrogens with zero attached hydrogens (tertiary/aromatic N) is 2. The molecule has 6 heteroatoms. The molecule has 0 saturated heterocycles. The molecular weight excluding hydrogens is 312 g/mol. The molecule has 0 atom stereocenters. The van der Waals surface area contributed by atoms with Gasteiger partial charge in [-0.3, -0.25) is 0 Å². The predicted octanol–water partition coefficient (Wildman–Crippen LogP) is 3.01. The molecule has 4 aromatic rings. The van der Waals surface area contributed by atoms with E-state index in [1.54, 1.807) is 4.68 Å². The topological polar surface area (TPSA) is 85.0 Å². The Hall–Kier alpha value is -3.54. The van der Waals surface area contributed by atoms with Crippen LogP contribution in [0.1, 0.15) is 5.56 Å². The van der Waals surface area contributed by atoms with E-state index >= 15 is 0 Å². The number of hydrazine groups is 1. The molecule has 2 aromatic heterocycles. The van der Waals surface area contributed by atoms with Gasteiger partial charge in [-0.2, -0.15) is 0 Å². The maximum atomic E-state index is 6.02. The van der Waals surface area contributed by atoms with E-state index in [4.69, 9.17) is 5.73 Å². The number of aromatic nitrogens is 2. The molecule has 0 aliphatic heterocycles. The van der Waals surface area contributed by atoms with Gasteiger partial charge in [-0.1, -0.05) is 35.0 Å². The second-order valence-corrected chi connectivity index (χ2v) is 5.82. The van der Waals surface area contributed by atoms with Gasteiger partial charge in [0, 0.05) is 17.1 Å². The number of aromatic amines is 2. The molecule has 0 amide bonds. The lowest BCUT2D eigenvalue weighted by Crippen LogP contribution is -2.37. The van der Waals surface area contributed by atoms with Gasteiger partial charge < -0.3 is 15.7 Å². The van der Waals surface area contributed by atoms with Gasteiger partial charge in [0.25, 0.3) is 5.69 Å². The van der Waals surface area contributed by atoms with Crippen molar-refractivity contribution in [3.05, 3.63) is 66.5 Å². The molecule has 2 aromatic carbocycles. The molecule has 4 rings (SSSR count). The molecule has 5 N–H and O–H groups in total. The maximum absolute atomic E-state index is 6.02. The zero-order valence-corrected chi connectivity index (χ0v) is 13.7. The van der Waals surface area contributed by atoms with Gasteiger partial charge in [0.2, 0.25) is 5.96 Å². The van der Waals surface area contributed by atoms with Gasteiger partial charge in [-0.25, -0.2) is 4.99 Å². The number of aliphatic imine (C=N–C) groups is 1. The summed E-state index contributed by atoms with van der Waals surface area (Å²) >= 11 is 0. The van der Waals surface area contributed by atoms with E-state index in [0.717, 1.165) is 33.1 Å². The van der Waals surface area contributed by atoms with E-state index in [1.807, 2.05) is 54.9 Å². The summed E-state index contributed by atoms with van der Waals surface area (Å²) in [6.45, 7) is 4.49. The molecule has 0 saturated carbocycles. The lowest BCUT2D eigenvalue weighted by atomic mass is 10.2. The summed E-state index contributed by atoms with van der Waals surface area (Å²) in [6, 6.07) is 16.1. The number of H-pyrrole nitrogens is 2. The Morgan fingerprint density at radius 3 is 2.44 bits per heavy atom. The zero-order chi connectivity index (χ0) is 17.2. The molecular formula is C19H19N6+. The van der Waals surface area contributed by atoms with Crippen molar-refractivity contribution in [1.29, 1.82) is 0 Å². The monoisotopic (exact) mass is 331 g/mol. The number of hydrazone groups is 1. The first-order valence-corrected chi connectivity index (χ1v) is 8.00. The number of hydrogen-bond acceptors (Lipinski definition) is 1. The maximum Gasteiger partial charge on any atom is 0.260 e. The fourth-order valence-corrected chi connectivity index (χ4v) is 2.95. The molecule has 6 nitrogen and oxygen atoms in total. The molecule has 0 unspecified atom stereocenters. The molecule has 0 aliphatic carbocycles. The lowest BCUT2D eigenvalue weighted by Gasteiger charge is -2.02. The number of rotatable bonds is 4. The van der Waals surface area contributed by atoms with Crippen LogP contribution in [0.4, 0.5) is 5.69 Å². The summed E-state index contributed by atoms with van der Waals surface area (Å²) in [4.78, 5) is 10.9. The average molecular weight is 331 g/mol. The van der Waals surface area contributed by atoms with Crippen molar-refractivity contribution >= 4 is 40.2 Å². The van der Waals surface area contributed by atoms with E-state index in [9.17, 15) is 0 Å². The highest BCUT2D eigenvalue weighted by Crippen LogP contribution is 2.23. The number of hydrogen-bond donors (Lipinski definition) is 4. The molecule has 0 radical (unpaired) electrons. The summed E-state index contributed by atoms with van der Waals surface area (Å²) in [6.07, 6.45) is 3.85. The van der Waals surface area contributed by atoms with Gasteiger partial charge in [-0.05, 0) is 23.8 Å². The molecule has 25 heavy (non-hydrogen) atoms. The minimum absolute atomic E-state index is 0.311. The Balaban J connectivity index is 1.50.